The first-order chi connectivity index (χ1) is 21.2. The number of fused-ring (bicyclic) bond motifs is 2. The minimum Gasteiger partial charge on any atom is -0.487 e. The van der Waals surface area contributed by atoms with E-state index in [1.54, 1.807) is 0 Å². The number of aliphatic carboxylic acids is 1. The van der Waals surface area contributed by atoms with Crippen LogP contribution in [0, 0.1) is 0 Å². The van der Waals surface area contributed by atoms with Crippen molar-refractivity contribution in [2.24, 2.45) is 0 Å². The molecular formula is C35H52O8. The highest BCUT2D eigenvalue weighted by Gasteiger charge is 2.25. The SMILES string of the molecule is CCCCCCCCCCCCCCC(OC1COc2ccccc2OCCOCCOc2ccccc2OC1)C(=O)O. The molecule has 2 aromatic rings. The third-order valence-corrected chi connectivity index (χ3v) is 7.47. The van der Waals surface area contributed by atoms with Crippen LogP contribution in [-0.2, 0) is 14.3 Å². The van der Waals surface area contributed by atoms with E-state index >= 15 is 0 Å². The maximum absolute atomic E-state index is 12.2. The van der Waals surface area contributed by atoms with Crippen molar-refractivity contribution in [2.75, 3.05) is 39.6 Å². The molecule has 0 aliphatic carbocycles. The van der Waals surface area contributed by atoms with Crippen LogP contribution in [0.1, 0.15) is 90.4 Å². The van der Waals surface area contributed by atoms with Crippen molar-refractivity contribution < 1.29 is 38.3 Å². The lowest BCUT2D eigenvalue weighted by atomic mass is 10.0. The summed E-state index contributed by atoms with van der Waals surface area (Å²) in [5.41, 5.74) is 0. The van der Waals surface area contributed by atoms with Gasteiger partial charge in [0.15, 0.2) is 29.1 Å². The Balaban J connectivity index is 1.52. The normalized spacial score (nSPS) is 15.6. The molecule has 8 heteroatoms. The largest absolute Gasteiger partial charge is 0.487 e. The molecule has 240 valence electrons. The Morgan fingerprint density at radius 2 is 1.09 bits per heavy atom. The van der Waals surface area contributed by atoms with Crippen molar-refractivity contribution in [1.82, 2.24) is 0 Å². The van der Waals surface area contributed by atoms with E-state index in [9.17, 15) is 9.90 Å². The van der Waals surface area contributed by atoms with E-state index in [2.05, 4.69) is 6.92 Å². The fraction of sp³-hybridized carbons (Fsp3) is 0.629. The van der Waals surface area contributed by atoms with Gasteiger partial charge in [-0.05, 0) is 30.7 Å². The highest BCUT2D eigenvalue weighted by atomic mass is 16.6. The van der Waals surface area contributed by atoms with Gasteiger partial charge in [0.05, 0.1) is 13.2 Å². The number of carboxylic acids is 1. The molecule has 0 saturated carbocycles. The molecule has 0 bridgehead atoms. The zero-order valence-corrected chi connectivity index (χ0v) is 26.0. The number of rotatable bonds is 16. The summed E-state index contributed by atoms with van der Waals surface area (Å²) in [7, 11) is 0. The third-order valence-electron chi connectivity index (χ3n) is 7.47. The number of para-hydroxylation sites is 4. The van der Waals surface area contributed by atoms with Crippen molar-refractivity contribution >= 4 is 5.97 Å². The van der Waals surface area contributed by atoms with Gasteiger partial charge in [0, 0.05) is 0 Å². The van der Waals surface area contributed by atoms with E-state index in [4.69, 9.17) is 28.4 Å². The number of carbonyl (C=O) groups is 1. The van der Waals surface area contributed by atoms with Gasteiger partial charge in [-0.15, -0.1) is 0 Å². The number of ether oxygens (including phenoxy) is 6. The fourth-order valence-corrected chi connectivity index (χ4v) is 5.05. The molecule has 43 heavy (non-hydrogen) atoms. The number of hydrogen-bond donors (Lipinski definition) is 1. The van der Waals surface area contributed by atoms with Crippen molar-refractivity contribution in [1.29, 1.82) is 0 Å². The molecule has 8 nitrogen and oxygen atoms in total. The van der Waals surface area contributed by atoms with Gasteiger partial charge in [0.25, 0.3) is 0 Å². The summed E-state index contributed by atoms with van der Waals surface area (Å²) >= 11 is 0. The Hall–Kier alpha value is -2.97. The van der Waals surface area contributed by atoms with Crippen molar-refractivity contribution in [3.05, 3.63) is 48.5 Å². The second kappa shape index (κ2) is 21.7. The van der Waals surface area contributed by atoms with Crippen LogP contribution in [0.3, 0.4) is 0 Å². The summed E-state index contributed by atoms with van der Waals surface area (Å²) in [6.45, 7) is 3.98. The summed E-state index contributed by atoms with van der Waals surface area (Å²) in [5.74, 6) is 1.32. The van der Waals surface area contributed by atoms with Crippen LogP contribution in [-0.4, -0.2) is 62.9 Å². The molecular weight excluding hydrogens is 548 g/mol. The molecule has 0 aromatic heterocycles. The molecule has 1 unspecified atom stereocenters. The second-order valence-corrected chi connectivity index (χ2v) is 11.1. The topological polar surface area (TPSA) is 92.7 Å². The summed E-state index contributed by atoms with van der Waals surface area (Å²) in [6.07, 6.45) is 13.6. The predicted molar refractivity (Wildman–Crippen MR) is 168 cm³/mol. The molecule has 0 saturated heterocycles. The minimum absolute atomic E-state index is 0.0993. The van der Waals surface area contributed by atoms with Gasteiger partial charge in [-0.2, -0.15) is 0 Å². The molecule has 3 rings (SSSR count). The van der Waals surface area contributed by atoms with Gasteiger partial charge in [0.2, 0.25) is 0 Å². The molecule has 1 heterocycles. The van der Waals surface area contributed by atoms with Crippen LogP contribution >= 0.6 is 0 Å². The van der Waals surface area contributed by atoms with E-state index in [1.807, 2.05) is 48.5 Å². The Kier molecular flexibility index (Phi) is 17.4. The number of unbranched alkanes of at least 4 members (excludes halogenated alkanes) is 11. The van der Waals surface area contributed by atoms with Gasteiger partial charge >= 0.3 is 5.97 Å². The van der Waals surface area contributed by atoms with Gasteiger partial charge in [-0.25, -0.2) is 4.79 Å². The van der Waals surface area contributed by atoms with Crippen LogP contribution in [0.25, 0.3) is 0 Å². The monoisotopic (exact) mass is 600 g/mol. The van der Waals surface area contributed by atoms with Crippen LogP contribution in [0.5, 0.6) is 23.0 Å². The summed E-state index contributed by atoms with van der Waals surface area (Å²) in [4.78, 5) is 12.2. The van der Waals surface area contributed by atoms with E-state index in [-0.39, 0.29) is 13.2 Å². The Morgan fingerprint density at radius 3 is 1.53 bits per heavy atom. The highest BCUT2D eigenvalue weighted by molar-refractivity contribution is 5.72. The molecule has 0 radical (unpaired) electrons. The number of hydrogen-bond acceptors (Lipinski definition) is 7. The first-order valence-corrected chi connectivity index (χ1v) is 16.3. The molecule has 1 atom stereocenters. The zero-order valence-electron chi connectivity index (χ0n) is 26.0. The van der Waals surface area contributed by atoms with Gasteiger partial charge < -0.3 is 33.5 Å². The lowest BCUT2D eigenvalue weighted by Crippen LogP contribution is -2.36. The molecule has 0 fully saturated rings. The van der Waals surface area contributed by atoms with Crippen LogP contribution in [0.2, 0.25) is 0 Å². The van der Waals surface area contributed by atoms with Crippen LogP contribution < -0.4 is 18.9 Å². The average molecular weight is 601 g/mol. The Bertz CT molecular complexity index is 957. The third kappa shape index (κ3) is 14.4. The van der Waals surface area contributed by atoms with Crippen molar-refractivity contribution in [3.63, 3.8) is 0 Å². The molecule has 1 aliphatic rings. The molecule has 0 spiro atoms. The summed E-state index contributed by atoms with van der Waals surface area (Å²) in [6, 6.07) is 14.8. The molecule has 2 aromatic carbocycles. The van der Waals surface area contributed by atoms with E-state index in [0.717, 1.165) is 19.3 Å². The van der Waals surface area contributed by atoms with Crippen LogP contribution in [0.4, 0.5) is 0 Å². The number of carboxylic acid groups (broad SMARTS) is 1. The predicted octanol–water partition coefficient (Wildman–Crippen LogP) is 7.86. The fourth-order valence-electron chi connectivity index (χ4n) is 5.05. The first kappa shape index (κ1) is 34.5. The van der Waals surface area contributed by atoms with E-state index in [0.29, 0.717) is 55.8 Å². The van der Waals surface area contributed by atoms with E-state index < -0.39 is 18.2 Å². The Labute approximate surface area is 258 Å². The van der Waals surface area contributed by atoms with Crippen molar-refractivity contribution in [2.45, 2.75) is 103 Å². The van der Waals surface area contributed by atoms with E-state index in [1.165, 1.54) is 57.8 Å². The molecule has 1 N–H and O–H groups in total. The summed E-state index contributed by atoms with van der Waals surface area (Å²) < 4.78 is 35.7. The highest BCUT2D eigenvalue weighted by Crippen LogP contribution is 2.29. The van der Waals surface area contributed by atoms with Crippen molar-refractivity contribution in [3.8, 4) is 23.0 Å². The average Bonchev–Trinajstić information content (AvgIpc) is 3.02. The first-order valence-electron chi connectivity index (χ1n) is 16.3. The molecule has 0 amide bonds. The zero-order chi connectivity index (χ0) is 30.4. The van der Waals surface area contributed by atoms with Gasteiger partial charge in [-0.3, -0.25) is 0 Å². The second-order valence-electron chi connectivity index (χ2n) is 11.1. The smallest absolute Gasteiger partial charge is 0.332 e. The van der Waals surface area contributed by atoms with Crippen LogP contribution in [0.15, 0.2) is 48.5 Å². The van der Waals surface area contributed by atoms with Gasteiger partial charge in [-0.1, -0.05) is 108 Å². The summed E-state index contributed by atoms with van der Waals surface area (Å²) in [5, 5.41) is 9.97. The lowest BCUT2D eigenvalue weighted by Gasteiger charge is -2.24. The number of benzene rings is 2. The Morgan fingerprint density at radius 1 is 0.674 bits per heavy atom. The maximum Gasteiger partial charge on any atom is 0.332 e. The van der Waals surface area contributed by atoms with Gasteiger partial charge in [0.1, 0.15) is 32.5 Å². The maximum atomic E-state index is 12.2. The quantitative estimate of drug-likeness (QED) is 0.195. The molecule has 1 aliphatic heterocycles. The lowest BCUT2D eigenvalue weighted by molar-refractivity contribution is -0.157. The standard InChI is InChI=1S/C35H52O8/c1-2-3-4-5-6-7-8-9-10-11-12-13-22-34(35(36)37)43-29-27-41-32-20-16-14-18-30(32)39-25-23-38-24-26-40-31-19-15-17-21-33(31)42-28-29/h14-21,29,34H,2-13,22-28H2,1H3,(H,36,37). The minimum atomic E-state index is -0.970.